The lowest BCUT2D eigenvalue weighted by atomic mass is 10.0. The third-order valence-corrected chi connectivity index (χ3v) is 13.1. The van der Waals surface area contributed by atoms with Gasteiger partial charge in [-0.2, -0.15) is 0 Å². The number of halogens is 1. The van der Waals surface area contributed by atoms with E-state index in [-0.39, 0.29) is 0 Å². The Kier molecular flexibility index (Phi) is 5.17. The molecular formula is C20H29ClOSi. The molecule has 1 N–H and O–H groups in total. The van der Waals surface area contributed by atoms with Crippen LogP contribution in [-0.4, -0.2) is 13.2 Å². The largest absolute Gasteiger partial charge is 0.508 e. The SMILES string of the molecule is Cc1c([Si](C(C)C)(C(C)C)C(C)C)c(O)cc2ccc(Cl)cc12. The van der Waals surface area contributed by atoms with Crippen molar-refractivity contribution in [2.75, 3.05) is 0 Å². The van der Waals surface area contributed by atoms with Crippen LogP contribution in [0.4, 0.5) is 0 Å². The van der Waals surface area contributed by atoms with Crippen molar-refractivity contribution >= 4 is 35.6 Å². The Morgan fingerprint density at radius 2 is 1.43 bits per heavy atom. The molecule has 2 aromatic carbocycles. The van der Waals surface area contributed by atoms with Crippen molar-refractivity contribution in [2.24, 2.45) is 0 Å². The minimum absolute atomic E-state index is 0.472. The summed E-state index contributed by atoms with van der Waals surface area (Å²) in [5.41, 5.74) is 2.89. The van der Waals surface area contributed by atoms with Crippen LogP contribution in [0.3, 0.4) is 0 Å². The van der Waals surface area contributed by atoms with Crippen LogP contribution in [0.1, 0.15) is 47.1 Å². The van der Waals surface area contributed by atoms with Gasteiger partial charge < -0.3 is 5.11 Å². The lowest BCUT2D eigenvalue weighted by molar-refractivity contribution is 0.479. The minimum Gasteiger partial charge on any atom is -0.508 e. The van der Waals surface area contributed by atoms with Crippen LogP contribution in [-0.2, 0) is 0 Å². The summed E-state index contributed by atoms with van der Waals surface area (Å²) < 4.78 is 0. The topological polar surface area (TPSA) is 20.2 Å². The van der Waals surface area contributed by atoms with Crippen LogP contribution in [0.5, 0.6) is 5.75 Å². The van der Waals surface area contributed by atoms with E-state index in [1.54, 1.807) is 0 Å². The molecule has 126 valence electrons. The van der Waals surface area contributed by atoms with Gasteiger partial charge in [-0.05, 0) is 63.3 Å². The fraction of sp³-hybridized carbons (Fsp3) is 0.500. The minimum atomic E-state index is -1.92. The van der Waals surface area contributed by atoms with Gasteiger partial charge in [-0.15, -0.1) is 0 Å². The number of phenols is 1. The molecule has 2 aromatic rings. The lowest BCUT2D eigenvalue weighted by Crippen LogP contribution is -2.56. The van der Waals surface area contributed by atoms with Gasteiger partial charge in [0.2, 0.25) is 0 Å². The van der Waals surface area contributed by atoms with Crippen LogP contribution >= 0.6 is 11.6 Å². The van der Waals surface area contributed by atoms with Gasteiger partial charge >= 0.3 is 0 Å². The highest BCUT2D eigenvalue weighted by molar-refractivity contribution is 6.96. The number of phenolic OH excluding ortho intramolecular Hbond substituents is 1. The molecule has 23 heavy (non-hydrogen) atoms. The second kappa shape index (κ2) is 6.49. The normalized spacial score (nSPS) is 12.8. The summed E-state index contributed by atoms with van der Waals surface area (Å²) in [6.45, 7) is 16.1. The van der Waals surface area contributed by atoms with Gasteiger partial charge in [-0.25, -0.2) is 0 Å². The maximum Gasteiger partial charge on any atom is 0.115 e. The van der Waals surface area contributed by atoms with E-state index in [2.05, 4.69) is 48.5 Å². The van der Waals surface area contributed by atoms with Gasteiger partial charge in [0.15, 0.2) is 0 Å². The Labute approximate surface area is 146 Å². The molecule has 0 heterocycles. The summed E-state index contributed by atoms with van der Waals surface area (Å²) in [6.07, 6.45) is 0. The molecule has 3 heteroatoms. The smallest absolute Gasteiger partial charge is 0.115 e. The first-order valence-electron chi connectivity index (χ1n) is 8.56. The predicted octanol–water partition coefficient (Wildman–Crippen LogP) is 6.39. The van der Waals surface area contributed by atoms with Crippen molar-refractivity contribution in [3.63, 3.8) is 0 Å². The molecule has 0 aromatic heterocycles. The van der Waals surface area contributed by atoms with Gasteiger partial charge in [0.25, 0.3) is 0 Å². The van der Waals surface area contributed by atoms with Gasteiger partial charge in [-0.1, -0.05) is 59.2 Å². The molecule has 0 unspecified atom stereocenters. The number of hydrogen-bond acceptors (Lipinski definition) is 1. The van der Waals surface area contributed by atoms with Crippen molar-refractivity contribution in [3.8, 4) is 5.75 Å². The third kappa shape index (κ3) is 2.81. The summed E-state index contributed by atoms with van der Waals surface area (Å²) >= 11 is 6.23. The monoisotopic (exact) mass is 348 g/mol. The maximum atomic E-state index is 10.9. The van der Waals surface area contributed by atoms with E-state index in [1.807, 2.05) is 24.3 Å². The number of fused-ring (bicyclic) bond motifs is 1. The van der Waals surface area contributed by atoms with Gasteiger partial charge in [0, 0.05) is 5.02 Å². The lowest BCUT2D eigenvalue weighted by Gasteiger charge is -2.45. The quantitative estimate of drug-likeness (QED) is 0.634. The van der Waals surface area contributed by atoms with E-state index in [4.69, 9.17) is 11.6 Å². The number of hydrogen-bond donors (Lipinski definition) is 1. The van der Waals surface area contributed by atoms with Crippen LogP contribution in [0.2, 0.25) is 21.6 Å². The van der Waals surface area contributed by atoms with Crippen molar-refractivity contribution in [3.05, 3.63) is 34.9 Å². The Morgan fingerprint density at radius 1 is 0.913 bits per heavy atom. The Balaban J connectivity index is 2.94. The molecular weight excluding hydrogens is 320 g/mol. The molecule has 0 aliphatic rings. The molecule has 1 nitrogen and oxygen atoms in total. The molecule has 0 aliphatic carbocycles. The van der Waals surface area contributed by atoms with E-state index in [9.17, 15) is 5.11 Å². The van der Waals surface area contributed by atoms with Crippen molar-refractivity contribution in [1.82, 2.24) is 0 Å². The van der Waals surface area contributed by atoms with Crippen LogP contribution in [0, 0.1) is 6.92 Å². The van der Waals surface area contributed by atoms with Gasteiger partial charge in [0.05, 0.1) is 8.07 Å². The molecule has 2 rings (SSSR count). The average Bonchev–Trinajstić information content (AvgIpc) is 2.43. The van der Waals surface area contributed by atoms with Crippen molar-refractivity contribution in [1.29, 1.82) is 0 Å². The molecule has 0 fully saturated rings. The highest BCUT2D eigenvalue weighted by Gasteiger charge is 2.47. The van der Waals surface area contributed by atoms with Crippen molar-refractivity contribution < 1.29 is 5.11 Å². The molecule has 0 spiro atoms. The molecule has 0 bridgehead atoms. The van der Waals surface area contributed by atoms with Gasteiger partial charge in [-0.3, -0.25) is 0 Å². The first-order valence-corrected chi connectivity index (χ1v) is 11.2. The molecule has 0 saturated carbocycles. The van der Waals surface area contributed by atoms with E-state index in [1.165, 1.54) is 16.1 Å². The first kappa shape index (κ1) is 18.3. The number of rotatable bonds is 4. The van der Waals surface area contributed by atoms with Crippen molar-refractivity contribution in [2.45, 2.75) is 65.1 Å². The van der Waals surface area contributed by atoms with Crippen LogP contribution in [0.25, 0.3) is 10.8 Å². The Bertz CT molecular complexity index is 697. The molecule has 0 amide bonds. The fourth-order valence-corrected chi connectivity index (χ4v) is 12.1. The van der Waals surface area contributed by atoms with E-state index >= 15 is 0 Å². The standard InChI is InChI=1S/C20H29ClOSi/c1-12(2)23(13(3)4,14(5)6)20-15(7)18-11-17(21)9-8-16(18)10-19(20)22/h8-14,22H,1-7H3. The third-order valence-electron chi connectivity index (χ3n) is 5.64. The highest BCUT2D eigenvalue weighted by Crippen LogP contribution is 2.44. The second-order valence-corrected chi connectivity index (χ2v) is 13.9. The zero-order valence-electron chi connectivity index (χ0n) is 15.4. The molecule has 0 radical (unpaired) electrons. The summed E-state index contributed by atoms with van der Waals surface area (Å²) in [7, 11) is -1.92. The molecule has 0 aliphatic heterocycles. The zero-order valence-corrected chi connectivity index (χ0v) is 17.1. The number of aromatic hydroxyl groups is 1. The second-order valence-electron chi connectivity index (χ2n) is 7.66. The predicted molar refractivity (Wildman–Crippen MR) is 106 cm³/mol. The molecule has 0 atom stereocenters. The summed E-state index contributed by atoms with van der Waals surface area (Å²) in [6, 6.07) is 7.86. The van der Waals surface area contributed by atoms with Gasteiger partial charge in [0.1, 0.15) is 5.75 Å². The summed E-state index contributed by atoms with van der Waals surface area (Å²) in [4.78, 5) is 0. The van der Waals surface area contributed by atoms with E-state index in [0.29, 0.717) is 22.4 Å². The Morgan fingerprint density at radius 3 is 1.91 bits per heavy atom. The summed E-state index contributed by atoms with van der Waals surface area (Å²) in [5, 5.41) is 15.2. The fourth-order valence-electron chi connectivity index (χ4n) is 4.94. The van der Waals surface area contributed by atoms with E-state index in [0.717, 1.165) is 10.4 Å². The average molecular weight is 349 g/mol. The highest BCUT2D eigenvalue weighted by atomic mass is 35.5. The van der Waals surface area contributed by atoms with Crippen LogP contribution < -0.4 is 5.19 Å². The Hall–Kier alpha value is -0.993. The van der Waals surface area contributed by atoms with E-state index < -0.39 is 8.07 Å². The molecule has 0 saturated heterocycles. The number of aryl methyl sites for hydroxylation is 1. The van der Waals surface area contributed by atoms with Crippen LogP contribution in [0.15, 0.2) is 24.3 Å². The first-order chi connectivity index (χ1) is 10.6. The number of benzene rings is 2. The maximum absolute atomic E-state index is 10.9. The zero-order chi connectivity index (χ0) is 17.5. The summed E-state index contributed by atoms with van der Waals surface area (Å²) in [5.74, 6) is 0.472.